The maximum absolute atomic E-state index is 5.70. The molecule has 0 aliphatic carbocycles. The summed E-state index contributed by atoms with van der Waals surface area (Å²) < 4.78 is 5.70. The molecule has 2 fully saturated rings. The standard InChI is InChI=1S/C13H21N3OS/c1-2-13(17-7-1)9-16-5-3-15(4-6-16)8-12-10-18-11-14-12/h10-11,13H,1-9H2. The highest BCUT2D eigenvalue weighted by Gasteiger charge is 2.22. The first-order chi connectivity index (χ1) is 8.90. The number of thiazole rings is 1. The van der Waals surface area contributed by atoms with Crippen LogP contribution in [0.25, 0.3) is 0 Å². The highest BCUT2D eigenvalue weighted by molar-refractivity contribution is 7.07. The molecule has 2 aliphatic heterocycles. The number of hydrogen-bond donors (Lipinski definition) is 0. The Balaban J connectivity index is 1.40. The van der Waals surface area contributed by atoms with Crippen molar-refractivity contribution in [1.29, 1.82) is 0 Å². The fraction of sp³-hybridized carbons (Fsp3) is 0.769. The van der Waals surface area contributed by atoms with E-state index in [1.807, 2.05) is 5.51 Å². The molecule has 2 aliphatic rings. The molecule has 3 heterocycles. The molecule has 0 spiro atoms. The summed E-state index contributed by atoms with van der Waals surface area (Å²) in [6.07, 6.45) is 2.99. The van der Waals surface area contributed by atoms with Gasteiger partial charge in [0.1, 0.15) is 0 Å². The molecular formula is C13H21N3OS. The van der Waals surface area contributed by atoms with Gasteiger partial charge in [-0.15, -0.1) is 11.3 Å². The molecule has 0 aromatic carbocycles. The lowest BCUT2D eigenvalue weighted by atomic mass is 10.2. The van der Waals surface area contributed by atoms with Gasteiger partial charge in [-0.05, 0) is 12.8 Å². The van der Waals surface area contributed by atoms with Crippen molar-refractivity contribution >= 4 is 11.3 Å². The van der Waals surface area contributed by atoms with Gasteiger partial charge in [-0.1, -0.05) is 0 Å². The fourth-order valence-corrected chi connectivity index (χ4v) is 3.30. The van der Waals surface area contributed by atoms with E-state index in [-0.39, 0.29) is 0 Å². The molecule has 5 heteroatoms. The van der Waals surface area contributed by atoms with Gasteiger partial charge in [0.2, 0.25) is 0 Å². The SMILES string of the molecule is c1nc(CN2CCN(CC3CCCO3)CC2)cs1. The van der Waals surface area contributed by atoms with E-state index in [2.05, 4.69) is 20.2 Å². The molecule has 0 saturated carbocycles. The molecule has 3 rings (SSSR count). The van der Waals surface area contributed by atoms with E-state index in [1.54, 1.807) is 11.3 Å². The molecule has 1 aromatic rings. The van der Waals surface area contributed by atoms with Crippen LogP contribution in [0.5, 0.6) is 0 Å². The van der Waals surface area contributed by atoms with Gasteiger partial charge in [0.15, 0.2) is 0 Å². The van der Waals surface area contributed by atoms with E-state index < -0.39 is 0 Å². The molecule has 4 nitrogen and oxygen atoms in total. The van der Waals surface area contributed by atoms with E-state index in [0.717, 1.165) is 32.8 Å². The number of rotatable bonds is 4. The highest BCUT2D eigenvalue weighted by Crippen LogP contribution is 2.15. The average molecular weight is 267 g/mol. The molecule has 1 aromatic heterocycles. The van der Waals surface area contributed by atoms with Crippen molar-refractivity contribution in [2.45, 2.75) is 25.5 Å². The van der Waals surface area contributed by atoms with Crippen molar-refractivity contribution in [2.24, 2.45) is 0 Å². The second kappa shape index (κ2) is 6.10. The molecular weight excluding hydrogens is 246 g/mol. The summed E-state index contributed by atoms with van der Waals surface area (Å²) in [6.45, 7) is 7.76. The van der Waals surface area contributed by atoms with Crippen LogP contribution in [0, 0.1) is 0 Å². The smallest absolute Gasteiger partial charge is 0.0795 e. The van der Waals surface area contributed by atoms with Crippen molar-refractivity contribution < 1.29 is 4.74 Å². The molecule has 0 bridgehead atoms. The molecule has 18 heavy (non-hydrogen) atoms. The van der Waals surface area contributed by atoms with Crippen LogP contribution in [0.1, 0.15) is 18.5 Å². The second-order valence-electron chi connectivity index (χ2n) is 5.19. The number of nitrogens with zero attached hydrogens (tertiary/aromatic N) is 3. The Hall–Kier alpha value is -0.490. The molecule has 1 atom stereocenters. The number of ether oxygens (including phenoxy) is 1. The number of piperazine rings is 1. The van der Waals surface area contributed by atoms with Crippen LogP contribution in [-0.2, 0) is 11.3 Å². The Kier molecular flexibility index (Phi) is 4.25. The van der Waals surface area contributed by atoms with Crippen LogP contribution >= 0.6 is 11.3 Å². The van der Waals surface area contributed by atoms with Crippen LogP contribution in [0.4, 0.5) is 0 Å². The predicted octanol–water partition coefficient (Wildman–Crippen LogP) is 1.44. The Labute approximate surface area is 113 Å². The fourth-order valence-electron chi connectivity index (χ4n) is 2.75. The normalized spacial score (nSPS) is 26.8. The van der Waals surface area contributed by atoms with Crippen molar-refractivity contribution in [3.63, 3.8) is 0 Å². The molecule has 100 valence electrons. The minimum absolute atomic E-state index is 0.495. The largest absolute Gasteiger partial charge is 0.377 e. The van der Waals surface area contributed by atoms with Crippen molar-refractivity contribution in [3.05, 3.63) is 16.6 Å². The maximum Gasteiger partial charge on any atom is 0.0795 e. The summed E-state index contributed by atoms with van der Waals surface area (Å²) in [7, 11) is 0. The third-order valence-corrected chi connectivity index (χ3v) is 4.46. The van der Waals surface area contributed by atoms with Gasteiger partial charge >= 0.3 is 0 Å². The van der Waals surface area contributed by atoms with E-state index in [1.165, 1.54) is 31.6 Å². The summed E-state index contributed by atoms with van der Waals surface area (Å²) in [5.74, 6) is 0. The lowest BCUT2D eigenvalue weighted by molar-refractivity contribution is 0.0487. The van der Waals surface area contributed by atoms with Crippen molar-refractivity contribution in [1.82, 2.24) is 14.8 Å². The van der Waals surface area contributed by atoms with Gasteiger partial charge in [0.25, 0.3) is 0 Å². The summed E-state index contributed by atoms with van der Waals surface area (Å²) in [6, 6.07) is 0. The second-order valence-corrected chi connectivity index (χ2v) is 5.91. The van der Waals surface area contributed by atoms with Crippen LogP contribution in [0.2, 0.25) is 0 Å². The third-order valence-electron chi connectivity index (χ3n) is 3.82. The van der Waals surface area contributed by atoms with Gasteiger partial charge in [-0.25, -0.2) is 4.98 Å². The predicted molar refractivity (Wildman–Crippen MR) is 72.8 cm³/mol. The van der Waals surface area contributed by atoms with Crippen LogP contribution in [-0.4, -0.2) is 60.2 Å². The lowest BCUT2D eigenvalue weighted by Crippen LogP contribution is -2.48. The van der Waals surface area contributed by atoms with Crippen LogP contribution < -0.4 is 0 Å². The van der Waals surface area contributed by atoms with Gasteiger partial charge in [0.05, 0.1) is 17.3 Å². The molecule has 1 unspecified atom stereocenters. The van der Waals surface area contributed by atoms with E-state index in [4.69, 9.17) is 4.74 Å². The molecule has 0 radical (unpaired) electrons. The Morgan fingerprint density at radius 2 is 2.11 bits per heavy atom. The van der Waals surface area contributed by atoms with Crippen LogP contribution in [0.3, 0.4) is 0 Å². The highest BCUT2D eigenvalue weighted by atomic mass is 32.1. The molecule has 0 N–H and O–H groups in total. The summed E-state index contributed by atoms with van der Waals surface area (Å²) in [4.78, 5) is 9.41. The third kappa shape index (κ3) is 3.29. The van der Waals surface area contributed by atoms with Crippen molar-refractivity contribution in [2.75, 3.05) is 39.3 Å². The molecule has 0 amide bonds. The zero-order valence-corrected chi connectivity index (χ0v) is 11.6. The minimum atomic E-state index is 0.495. The van der Waals surface area contributed by atoms with Gasteiger partial charge in [-0.3, -0.25) is 9.80 Å². The summed E-state index contributed by atoms with van der Waals surface area (Å²) >= 11 is 1.69. The first-order valence-corrected chi connectivity index (χ1v) is 7.78. The quantitative estimate of drug-likeness (QED) is 0.825. The minimum Gasteiger partial charge on any atom is -0.377 e. The van der Waals surface area contributed by atoms with Gasteiger partial charge in [0, 0.05) is 51.3 Å². The zero-order chi connectivity index (χ0) is 12.2. The van der Waals surface area contributed by atoms with E-state index in [0.29, 0.717) is 6.10 Å². The van der Waals surface area contributed by atoms with Crippen LogP contribution in [0.15, 0.2) is 10.9 Å². The first kappa shape index (κ1) is 12.5. The summed E-state index contributed by atoms with van der Waals surface area (Å²) in [5.41, 5.74) is 3.14. The number of hydrogen-bond acceptors (Lipinski definition) is 5. The zero-order valence-electron chi connectivity index (χ0n) is 10.8. The average Bonchev–Trinajstić information content (AvgIpc) is 3.05. The van der Waals surface area contributed by atoms with Crippen molar-refractivity contribution in [3.8, 4) is 0 Å². The van der Waals surface area contributed by atoms with E-state index >= 15 is 0 Å². The molecule has 2 saturated heterocycles. The Morgan fingerprint density at radius 3 is 2.78 bits per heavy atom. The Bertz CT molecular complexity index is 343. The lowest BCUT2D eigenvalue weighted by Gasteiger charge is -2.35. The van der Waals surface area contributed by atoms with E-state index in [9.17, 15) is 0 Å². The topological polar surface area (TPSA) is 28.6 Å². The van der Waals surface area contributed by atoms with Gasteiger partial charge < -0.3 is 4.74 Å². The Morgan fingerprint density at radius 1 is 1.28 bits per heavy atom. The monoisotopic (exact) mass is 267 g/mol. The maximum atomic E-state index is 5.70. The summed E-state index contributed by atoms with van der Waals surface area (Å²) in [5, 5.41) is 2.15. The first-order valence-electron chi connectivity index (χ1n) is 6.83. The van der Waals surface area contributed by atoms with Gasteiger partial charge in [-0.2, -0.15) is 0 Å². The number of aromatic nitrogens is 1.